The molecule has 0 atom stereocenters. The number of furan rings is 1. The van der Waals surface area contributed by atoms with E-state index in [9.17, 15) is 0 Å². The molecule has 1 heterocycles. The van der Waals surface area contributed by atoms with Crippen molar-refractivity contribution in [2.24, 2.45) is 4.99 Å². The summed E-state index contributed by atoms with van der Waals surface area (Å²) in [5.41, 5.74) is 1.14. The number of hydrogen-bond donors (Lipinski definition) is 2. The Morgan fingerprint density at radius 3 is 2.48 bits per heavy atom. The number of hydrogen-bond acceptors (Lipinski definition) is 4. The lowest BCUT2D eigenvalue weighted by Gasteiger charge is -2.12. The first-order valence-corrected chi connectivity index (χ1v) is 8.33. The third-order valence-corrected chi connectivity index (χ3v) is 3.37. The highest BCUT2D eigenvalue weighted by Gasteiger charge is 2.05. The zero-order chi connectivity index (χ0) is 16.9. The van der Waals surface area contributed by atoms with E-state index >= 15 is 0 Å². The Balaban J connectivity index is 2.07. The molecule has 0 aliphatic heterocycles. The van der Waals surface area contributed by atoms with Gasteiger partial charge in [-0.1, -0.05) is 13.3 Å². The van der Waals surface area contributed by atoms with Gasteiger partial charge < -0.3 is 24.5 Å². The first-order valence-electron chi connectivity index (χ1n) is 8.33. The van der Waals surface area contributed by atoms with E-state index in [0.717, 1.165) is 42.5 Å². The van der Waals surface area contributed by atoms with Crippen molar-refractivity contribution >= 4 is 5.96 Å². The normalized spacial score (nSPS) is 11.7. The van der Waals surface area contributed by atoms with Gasteiger partial charge in [-0.2, -0.15) is 0 Å². The predicted octanol–water partition coefficient (Wildman–Crippen LogP) is 2.39. The predicted molar refractivity (Wildman–Crippen MR) is 92.9 cm³/mol. The lowest BCUT2D eigenvalue weighted by molar-refractivity contribution is 0.0487. The zero-order valence-electron chi connectivity index (χ0n) is 14.9. The molecule has 0 bridgehead atoms. The van der Waals surface area contributed by atoms with Gasteiger partial charge in [0.15, 0.2) is 5.96 Å². The van der Waals surface area contributed by atoms with Gasteiger partial charge in [0, 0.05) is 32.3 Å². The largest absolute Gasteiger partial charge is 0.466 e. The van der Waals surface area contributed by atoms with E-state index in [1.54, 1.807) is 7.05 Å². The van der Waals surface area contributed by atoms with Crippen molar-refractivity contribution in [1.29, 1.82) is 0 Å². The topological polar surface area (TPSA) is 68.0 Å². The van der Waals surface area contributed by atoms with Crippen LogP contribution in [0.1, 0.15) is 36.8 Å². The van der Waals surface area contributed by atoms with Crippen molar-refractivity contribution in [2.75, 3.05) is 40.0 Å². The summed E-state index contributed by atoms with van der Waals surface area (Å²) in [6, 6.07) is 2.04. The van der Waals surface area contributed by atoms with Gasteiger partial charge in [0.2, 0.25) is 0 Å². The summed E-state index contributed by atoms with van der Waals surface area (Å²) in [5.74, 6) is 2.62. The summed E-state index contributed by atoms with van der Waals surface area (Å²) >= 11 is 0. The highest BCUT2D eigenvalue weighted by atomic mass is 16.5. The first-order chi connectivity index (χ1) is 11.2. The molecule has 2 N–H and O–H groups in total. The lowest BCUT2D eigenvalue weighted by atomic mass is 10.2. The highest BCUT2D eigenvalue weighted by molar-refractivity contribution is 5.79. The molecule has 1 rings (SSSR count). The van der Waals surface area contributed by atoms with E-state index < -0.39 is 0 Å². The summed E-state index contributed by atoms with van der Waals surface area (Å²) in [5, 5.41) is 6.48. The Labute approximate surface area is 139 Å². The van der Waals surface area contributed by atoms with Crippen LogP contribution in [0.2, 0.25) is 0 Å². The van der Waals surface area contributed by atoms with Gasteiger partial charge >= 0.3 is 0 Å². The van der Waals surface area contributed by atoms with Crippen LogP contribution in [0, 0.1) is 13.8 Å². The fourth-order valence-electron chi connectivity index (χ4n) is 2.07. The molecule has 0 fully saturated rings. The van der Waals surface area contributed by atoms with Crippen molar-refractivity contribution in [1.82, 2.24) is 10.6 Å². The molecule has 1 aromatic heterocycles. The number of nitrogens with one attached hydrogen (secondary N) is 2. The molecule has 6 nitrogen and oxygen atoms in total. The number of nitrogens with zero attached hydrogens (tertiary/aromatic N) is 1. The first kappa shape index (κ1) is 19.5. The van der Waals surface area contributed by atoms with Crippen LogP contribution < -0.4 is 10.6 Å². The fourth-order valence-corrected chi connectivity index (χ4v) is 2.07. The second-order valence-electron chi connectivity index (χ2n) is 5.37. The summed E-state index contributed by atoms with van der Waals surface area (Å²) in [6.07, 6.45) is 2.27. The molecular weight excluding hydrogens is 294 g/mol. The van der Waals surface area contributed by atoms with Crippen molar-refractivity contribution < 1.29 is 13.9 Å². The van der Waals surface area contributed by atoms with Crippen LogP contribution in [0.25, 0.3) is 0 Å². The molecule has 23 heavy (non-hydrogen) atoms. The number of aliphatic imine (C=N–C) groups is 1. The minimum atomic E-state index is 0.627. The molecule has 132 valence electrons. The summed E-state index contributed by atoms with van der Waals surface area (Å²) < 4.78 is 16.5. The smallest absolute Gasteiger partial charge is 0.191 e. The second kappa shape index (κ2) is 12.0. The molecule has 0 aliphatic rings. The summed E-state index contributed by atoms with van der Waals surface area (Å²) in [4.78, 5) is 4.19. The standard InChI is InChI=1S/C17H31N3O3/c1-5-6-8-21-10-11-22-9-7-19-17(18-4)20-13-16-12-14(2)23-15(16)3/h12H,5-11,13H2,1-4H3,(H2,18,19,20). The van der Waals surface area contributed by atoms with E-state index in [1.807, 2.05) is 19.9 Å². The molecule has 0 radical (unpaired) electrons. The molecule has 6 heteroatoms. The Bertz CT molecular complexity index is 458. The van der Waals surface area contributed by atoms with Gasteiger partial charge in [-0.3, -0.25) is 4.99 Å². The quantitative estimate of drug-likeness (QED) is 0.371. The minimum absolute atomic E-state index is 0.627. The number of guanidine groups is 1. The van der Waals surface area contributed by atoms with Crippen LogP contribution >= 0.6 is 0 Å². The molecule has 0 amide bonds. The van der Waals surface area contributed by atoms with Crippen molar-refractivity contribution in [3.8, 4) is 0 Å². The zero-order valence-corrected chi connectivity index (χ0v) is 14.9. The van der Waals surface area contributed by atoms with Gasteiger partial charge in [0.05, 0.1) is 19.8 Å². The van der Waals surface area contributed by atoms with Gasteiger partial charge in [-0.15, -0.1) is 0 Å². The van der Waals surface area contributed by atoms with E-state index in [0.29, 0.717) is 32.9 Å². The highest BCUT2D eigenvalue weighted by Crippen LogP contribution is 2.12. The minimum Gasteiger partial charge on any atom is -0.466 e. The maximum atomic E-state index is 5.51. The number of rotatable bonds is 11. The summed E-state index contributed by atoms with van der Waals surface area (Å²) in [7, 11) is 1.76. The van der Waals surface area contributed by atoms with Crippen LogP contribution in [-0.2, 0) is 16.0 Å². The van der Waals surface area contributed by atoms with E-state index in [-0.39, 0.29) is 0 Å². The summed E-state index contributed by atoms with van der Waals surface area (Å²) in [6.45, 7) is 10.2. The maximum Gasteiger partial charge on any atom is 0.191 e. The Morgan fingerprint density at radius 2 is 1.87 bits per heavy atom. The van der Waals surface area contributed by atoms with E-state index in [2.05, 4.69) is 22.5 Å². The van der Waals surface area contributed by atoms with Gasteiger partial charge in [-0.25, -0.2) is 0 Å². The molecule has 0 aliphatic carbocycles. The monoisotopic (exact) mass is 325 g/mol. The fraction of sp³-hybridized carbons (Fsp3) is 0.706. The van der Waals surface area contributed by atoms with Crippen molar-refractivity contribution in [3.63, 3.8) is 0 Å². The van der Waals surface area contributed by atoms with Crippen LogP contribution in [0.5, 0.6) is 0 Å². The lowest BCUT2D eigenvalue weighted by Crippen LogP contribution is -2.38. The van der Waals surface area contributed by atoms with Gasteiger partial charge in [0.25, 0.3) is 0 Å². The van der Waals surface area contributed by atoms with Crippen LogP contribution in [-0.4, -0.2) is 46.0 Å². The average molecular weight is 325 g/mol. The molecular formula is C17H31N3O3. The number of unbranched alkanes of at least 4 members (excludes halogenated alkanes) is 1. The molecule has 0 unspecified atom stereocenters. The Kier molecular flexibility index (Phi) is 10.2. The van der Waals surface area contributed by atoms with Gasteiger partial charge in [0.1, 0.15) is 11.5 Å². The Hall–Kier alpha value is -1.53. The van der Waals surface area contributed by atoms with Gasteiger partial charge in [-0.05, 0) is 26.3 Å². The SMILES string of the molecule is CCCCOCCOCCNC(=NC)NCc1cc(C)oc1C. The second-order valence-corrected chi connectivity index (χ2v) is 5.37. The molecule has 0 saturated carbocycles. The van der Waals surface area contributed by atoms with E-state index in [4.69, 9.17) is 13.9 Å². The number of ether oxygens (including phenoxy) is 2. The number of aryl methyl sites for hydroxylation is 2. The van der Waals surface area contributed by atoms with E-state index in [1.165, 1.54) is 0 Å². The molecule has 1 aromatic rings. The van der Waals surface area contributed by atoms with Crippen LogP contribution in [0.15, 0.2) is 15.5 Å². The van der Waals surface area contributed by atoms with Crippen molar-refractivity contribution in [3.05, 3.63) is 23.2 Å². The van der Waals surface area contributed by atoms with Crippen molar-refractivity contribution in [2.45, 2.75) is 40.2 Å². The molecule has 0 aromatic carbocycles. The average Bonchev–Trinajstić information content (AvgIpc) is 2.86. The van der Waals surface area contributed by atoms with Crippen LogP contribution in [0.3, 0.4) is 0 Å². The Morgan fingerprint density at radius 1 is 1.13 bits per heavy atom. The molecule has 0 spiro atoms. The third kappa shape index (κ3) is 8.62. The molecule has 0 saturated heterocycles. The third-order valence-electron chi connectivity index (χ3n) is 3.37. The maximum absolute atomic E-state index is 5.51. The van der Waals surface area contributed by atoms with Crippen LogP contribution in [0.4, 0.5) is 0 Å².